The maximum atomic E-state index is 7.62. The van der Waals surface area contributed by atoms with Crippen LogP contribution in [0.3, 0.4) is 0 Å². The fraction of sp³-hybridized carbons (Fsp3) is 0.375. The molecule has 2 rings (SSSR count). The second kappa shape index (κ2) is 7.22. The highest BCUT2D eigenvalue weighted by atomic mass is 32.1. The lowest BCUT2D eigenvalue weighted by atomic mass is 10.2. The molecule has 1 heterocycles. The third kappa shape index (κ3) is 4.04. The Morgan fingerprint density at radius 1 is 1.29 bits per heavy atom. The molecule has 0 radical (unpaired) electrons. The van der Waals surface area contributed by atoms with Crippen molar-refractivity contribution in [1.29, 1.82) is 5.41 Å². The first-order chi connectivity index (χ1) is 10.1. The van der Waals surface area contributed by atoms with Gasteiger partial charge in [-0.1, -0.05) is 32.4 Å². The van der Waals surface area contributed by atoms with Crippen molar-refractivity contribution >= 4 is 17.2 Å². The topological polar surface area (TPSA) is 72.0 Å². The fourth-order valence-electron chi connectivity index (χ4n) is 2.05. The van der Waals surface area contributed by atoms with E-state index < -0.39 is 0 Å². The van der Waals surface area contributed by atoms with Gasteiger partial charge < -0.3 is 10.5 Å². The van der Waals surface area contributed by atoms with Crippen LogP contribution in [0.4, 0.5) is 0 Å². The molecule has 0 aliphatic rings. The zero-order valence-corrected chi connectivity index (χ0v) is 13.3. The molecule has 0 saturated carbocycles. The van der Waals surface area contributed by atoms with E-state index in [-0.39, 0.29) is 5.84 Å². The maximum Gasteiger partial charge on any atom is 0.140 e. The van der Waals surface area contributed by atoms with Crippen molar-refractivity contribution in [1.82, 2.24) is 4.98 Å². The van der Waals surface area contributed by atoms with Crippen LogP contribution in [0, 0.1) is 5.41 Å². The Kier molecular flexibility index (Phi) is 5.33. The summed E-state index contributed by atoms with van der Waals surface area (Å²) in [6.45, 7) is 4.64. The van der Waals surface area contributed by atoms with E-state index in [1.165, 1.54) is 16.9 Å². The van der Waals surface area contributed by atoms with Gasteiger partial charge in [-0.05, 0) is 30.5 Å². The smallest absolute Gasteiger partial charge is 0.140 e. The maximum absolute atomic E-state index is 7.62. The molecule has 21 heavy (non-hydrogen) atoms. The van der Waals surface area contributed by atoms with E-state index in [2.05, 4.69) is 31.0 Å². The Hall–Kier alpha value is -1.88. The van der Waals surface area contributed by atoms with Gasteiger partial charge in [0.15, 0.2) is 0 Å². The van der Waals surface area contributed by atoms with E-state index in [0.717, 1.165) is 40.6 Å². The molecule has 0 saturated heterocycles. The number of nitrogens with one attached hydrogen (secondary N) is 1. The summed E-state index contributed by atoms with van der Waals surface area (Å²) in [7, 11) is 0. The number of aryl methyl sites for hydroxylation is 2. The van der Waals surface area contributed by atoms with Crippen LogP contribution >= 0.6 is 11.3 Å². The van der Waals surface area contributed by atoms with Crippen molar-refractivity contribution in [2.24, 2.45) is 5.73 Å². The summed E-state index contributed by atoms with van der Waals surface area (Å²) in [5.41, 5.74) is 7.81. The second-order valence-electron chi connectivity index (χ2n) is 4.83. The number of nitrogens with zero attached hydrogens (tertiary/aromatic N) is 1. The van der Waals surface area contributed by atoms with E-state index in [1.807, 2.05) is 12.1 Å². The van der Waals surface area contributed by atoms with Crippen LogP contribution in [0.25, 0.3) is 0 Å². The van der Waals surface area contributed by atoms with Crippen LogP contribution < -0.4 is 10.5 Å². The molecule has 0 aliphatic heterocycles. The number of benzene rings is 1. The highest BCUT2D eigenvalue weighted by Gasteiger charge is 2.13. The Bertz CT molecular complexity index is 604. The number of hydrogen-bond acceptors (Lipinski definition) is 4. The van der Waals surface area contributed by atoms with Crippen molar-refractivity contribution < 1.29 is 4.74 Å². The van der Waals surface area contributed by atoms with Crippen LogP contribution in [0.15, 0.2) is 24.3 Å². The predicted octanol–water partition coefficient (Wildman–Crippen LogP) is 3.52. The van der Waals surface area contributed by atoms with Crippen molar-refractivity contribution in [3.8, 4) is 5.75 Å². The SMILES string of the molecule is CCCc1nc(COc2ccc(CC)cc2)sc1C(=N)N. The molecule has 0 amide bonds. The summed E-state index contributed by atoms with van der Waals surface area (Å²) < 4.78 is 5.75. The van der Waals surface area contributed by atoms with Crippen LogP contribution in [0.1, 0.15) is 41.4 Å². The third-order valence-corrected chi connectivity index (χ3v) is 4.27. The molecular weight excluding hydrogens is 282 g/mol. The molecule has 0 aliphatic carbocycles. The minimum absolute atomic E-state index is 0.0921. The number of amidine groups is 1. The number of rotatable bonds is 7. The molecular formula is C16H21N3OS. The summed E-state index contributed by atoms with van der Waals surface area (Å²) in [4.78, 5) is 5.32. The zero-order chi connectivity index (χ0) is 15.2. The molecule has 112 valence electrons. The van der Waals surface area contributed by atoms with Crippen molar-refractivity contribution in [2.45, 2.75) is 39.7 Å². The van der Waals surface area contributed by atoms with Gasteiger partial charge in [0.05, 0.1) is 10.6 Å². The molecule has 0 atom stereocenters. The fourth-order valence-corrected chi connectivity index (χ4v) is 2.93. The lowest BCUT2D eigenvalue weighted by Crippen LogP contribution is -2.11. The summed E-state index contributed by atoms with van der Waals surface area (Å²) in [6.07, 6.45) is 2.86. The minimum atomic E-state index is 0.0921. The van der Waals surface area contributed by atoms with Gasteiger partial charge in [0.2, 0.25) is 0 Å². The van der Waals surface area contributed by atoms with Crippen LogP contribution in [-0.2, 0) is 19.4 Å². The largest absolute Gasteiger partial charge is 0.486 e. The molecule has 0 bridgehead atoms. The molecule has 0 fully saturated rings. The van der Waals surface area contributed by atoms with Gasteiger partial charge in [-0.25, -0.2) is 4.98 Å². The summed E-state index contributed by atoms with van der Waals surface area (Å²) in [5.74, 6) is 0.929. The Morgan fingerprint density at radius 2 is 2.00 bits per heavy atom. The monoisotopic (exact) mass is 303 g/mol. The van der Waals surface area contributed by atoms with Gasteiger partial charge in [0, 0.05) is 0 Å². The van der Waals surface area contributed by atoms with E-state index in [1.54, 1.807) is 0 Å². The molecule has 0 unspecified atom stereocenters. The molecule has 4 nitrogen and oxygen atoms in total. The normalized spacial score (nSPS) is 10.6. The number of nitrogen functional groups attached to an aromatic ring is 1. The van der Waals surface area contributed by atoms with Crippen LogP contribution in [-0.4, -0.2) is 10.8 Å². The molecule has 5 heteroatoms. The molecule has 0 spiro atoms. The summed E-state index contributed by atoms with van der Waals surface area (Å²) >= 11 is 1.45. The first-order valence-corrected chi connectivity index (χ1v) is 8.00. The lowest BCUT2D eigenvalue weighted by molar-refractivity contribution is 0.305. The lowest BCUT2D eigenvalue weighted by Gasteiger charge is -2.04. The predicted molar refractivity (Wildman–Crippen MR) is 87.3 cm³/mol. The van der Waals surface area contributed by atoms with Gasteiger partial charge in [-0.2, -0.15) is 0 Å². The molecule has 1 aromatic carbocycles. The van der Waals surface area contributed by atoms with E-state index in [9.17, 15) is 0 Å². The van der Waals surface area contributed by atoms with Crippen LogP contribution in [0.5, 0.6) is 5.75 Å². The van der Waals surface area contributed by atoms with Crippen molar-refractivity contribution in [3.05, 3.63) is 45.4 Å². The van der Waals surface area contributed by atoms with Gasteiger partial charge in [0.25, 0.3) is 0 Å². The molecule has 1 aromatic heterocycles. The van der Waals surface area contributed by atoms with E-state index in [4.69, 9.17) is 15.9 Å². The average Bonchev–Trinajstić information content (AvgIpc) is 2.89. The quantitative estimate of drug-likeness (QED) is 0.607. The Balaban J connectivity index is 2.05. The van der Waals surface area contributed by atoms with E-state index in [0.29, 0.717) is 6.61 Å². The number of aromatic nitrogens is 1. The molecule has 3 N–H and O–H groups in total. The van der Waals surface area contributed by atoms with Gasteiger partial charge in [-0.3, -0.25) is 5.41 Å². The zero-order valence-electron chi connectivity index (χ0n) is 12.5. The first-order valence-electron chi connectivity index (χ1n) is 7.18. The minimum Gasteiger partial charge on any atom is -0.486 e. The summed E-state index contributed by atoms with van der Waals surface area (Å²) in [6, 6.07) is 8.10. The average molecular weight is 303 g/mol. The Morgan fingerprint density at radius 3 is 2.57 bits per heavy atom. The Labute approximate surface area is 129 Å². The van der Waals surface area contributed by atoms with Gasteiger partial charge in [-0.15, -0.1) is 11.3 Å². The van der Waals surface area contributed by atoms with Gasteiger partial charge >= 0.3 is 0 Å². The number of hydrogen-bond donors (Lipinski definition) is 2. The van der Waals surface area contributed by atoms with Crippen molar-refractivity contribution in [3.63, 3.8) is 0 Å². The number of ether oxygens (including phenoxy) is 1. The van der Waals surface area contributed by atoms with E-state index >= 15 is 0 Å². The highest BCUT2D eigenvalue weighted by molar-refractivity contribution is 7.13. The second-order valence-corrected chi connectivity index (χ2v) is 5.92. The number of nitrogens with two attached hydrogens (primary N) is 1. The first kappa shape index (κ1) is 15.5. The summed E-state index contributed by atoms with van der Waals surface area (Å²) in [5, 5.41) is 8.48. The third-order valence-electron chi connectivity index (χ3n) is 3.17. The number of thiazole rings is 1. The van der Waals surface area contributed by atoms with Gasteiger partial charge in [0.1, 0.15) is 23.2 Å². The van der Waals surface area contributed by atoms with Crippen LogP contribution in [0.2, 0.25) is 0 Å². The molecule has 2 aromatic rings. The van der Waals surface area contributed by atoms with Crippen molar-refractivity contribution in [2.75, 3.05) is 0 Å². The highest BCUT2D eigenvalue weighted by Crippen LogP contribution is 2.21. The standard InChI is InChI=1S/C16H21N3OS/c1-3-5-13-15(16(17)18)21-14(19-13)10-20-12-8-6-11(4-2)7-9-12/h6-9H,3-5,10H2,1-2H3,(H3,17,18).